The number of carbonyl (C=O) groups is 1. The number of halogens is 3. The SMILES string of the molecule is COc1cc2oc(C)c(C)c2cc1/C(C)=C/C(=O)Nc1cccc(C(F)(F)F)c1. The molecule has 152 valence electrons. The van der Waals surface area contributed by atoms with E-state index < -0.39 is 17.6 Å². The number of amides is 1. The normalized spacial score (nSPS) is 12.3. The van der Waals surface area contributed by atoms with Gasteiger partial charge >= 0.3 is 6.18 Å². The van der Waals surface area contributed by atoms with Crippen molar-refractivity contribution in [1.29, 1.82) is 0 Å². The highest BCUT2D eigenvalue weighted by Crippen LogP contribution is 2.35. The van der Waals surface area contributed by atoms with Gasteiger partial charge < -0.3 is 14.5 Å². The summed E-state index contributed by atoms with van der Waals surface area (Å²) in [5, 5.41) is 3.38. The zero-order valence-electron chi connectivity index (χ0n) is 16.4. The van der Waals surface area contributed by atoms with Gasteiger partial charge in [-0.2, -0.15) is 13.2 Å². The van der Waals surface area contributed by atoms with Crippen LogP contribution in [0.2, 0.25) is 0 Å². The van der Waals surface area contributed by atoms with Gasteiger partial charge in [-0.1, -0.05) is 6.07 Å². The first-order valence-electron chi connectivity index (χ1n) is 8.85. The molecule has 0 radical (unpaired) electrons. The maximum atomic E-state index is 12.8. The highest BCUT2D eigenvalue weighted by atomic mass is 19.4. The molecule has 7 heteroatoms. The molecule has 0 saturated carbocycles. The Labute approximate surface area is 166 Å². The second-order valence-electron chi connectivity index (χ2n) is 6.73. The number of ether oxygens (including phenoxy) is 1. The predicted octanol–water partition coefficient (Wildman–Crippen LogP) is 6.12. The number of hydrogen-bond donors (Lipinski definition) is 1. The summed E-state index contributed by atoms with van der Waals surface area (Å²) in [5.74, 6) is 0.791. The third kappa shape index (κ3) is 4.29. The molecule has 3 rings (SSSR count). The van der Waals surface area contributed by atoms with Crippen molar-refractivity contribution < 1.29 is 27.1 Å². The molecule has 29 heavy (non-hydrogen) atoms. The van der Waals surface area contributed by atoms with E-state index in [1.807, 2.05) is 19.9 Å². The van der Waals surface area contributed by atoms with E-state index in [0.717, 1.165) is 28.8 Å². The largest absolute Gasteiger partial charge is 0.496 e. The lowest BCUT2D eigenvalue weighted by atomic mass is 10.0. The van der Waals surface area contributed by atoms with Crippen molar-refractivity contribution in [3.8, 4) is 5.75 Å². The van der Waals surface area contributed by atoms with Crippen LogP contribution in [0.5, 0.6) is 5.75 Å². The lowest BCUT2D eigenvalue weighted by molar-refractivity contribution is -0.137. The quantitative estimate of drug-likeness (QED) is 0.534. The fraction of sp³-hybridized carbons (Fsp3) is 0.227. The molecule has 0 spiro atoms. The first kappa shape index (κ1) is 20.5. The molecule has 1 amide bonds. The number of nitrogens with one attached hydrogen (secondary N) is 1. The van der Waals surface area contributed by atoms with Crippen molar-refractivity contribution in [3.05, 3.63) is 64.9 Å². The van der Waals surface area contributed by atoms with Crippen LogP contribution in [-0.4, -0.2) is 13.0 Å². The molecule has 0 unspecified atom stereocenters. The van der Waals surface area contributed by atoms with Crippen LogP contribution < -0.4 is 10.1 Å². The maximum absolute atomic E-state index is 12.8. The number of allylic oxidation sites excluding steroid dienone is 1. The second kappa shape index (κ2) is 7.66. The third-order valence-electron chi connectivity index (χ3n) is 4.73. The van der Waals surface area contributed by atoms with Crippen LogP contribution in [0.25, 0.3) is 16.5 Å². The van der Waals surface area contributed by atoms with Crippen molar-refractivity contribution in [1.82, 2.24) is 0 Å². The Hall–Kier alpha value is -3.22. The van der Waals surface area contributed by atoms with Gasteiger partial charge in [0.25, 0.3) is 0 Å². The molecule has 0 aliphatic heterocycles. The molecule has 0 saturated heterocycles. The van der Waals surface area contributed by atoms with Gasteiger partial charge in [-0.3, -0.25) is 4.79 Å². The van der Waals surface area contributed by atoms with E-state index in [1.54, 1.807) is 13.0 Å². The van der Waals surface area contributed by atoms with E-state index in [1.165, 1.54) is 25.3 Å². The zero-order chi connectivity index (χ0) is 21.3. The summed E-state index contributed by atoms with van der Waals surface area (Å²) in [4.78, 5) is 12.4. The number of alkyl halides is 3. The Morgan fingerprint density at radius 3 is 2.55 bits per heavy atom. The van der Waals surface area contributed by atoms with Gasteiger partial charge in [0, 0.05) is 28.8 Å². The molecule has 4 nitrogen and oxygen atoms in total. The van der Waals surface area contributed by atoms with E-state index in [4.69, 9.17) is 9.15 Å². The van der Waals surface area contributed by atoms with Gasteiger partial charge in [-0.05, 0) is 56.2 Å². The fourth-order valence-electron chi connectivity index (χ4n) is 3.07. The topological polar surface area (TPSA) is 51.5 Å². The third-order valence-corrected chi connectivity index (χ3v) is 4.73. The van der Waals surface area contributed by atoms with Gasteiger partial charge in [0.05, 0.1) is 12.7 Å². The molecular weight excluding hydrogens is 383 g/mol. The number of benzene rings is 2. The first-order chi connectivity index (χ1) is 13.6. The minimum atomic E-state index is -4.48. The molecular formula is C22H20F3NO3. The lowest BCUT2D eigenvalue weighted by Gasteiger charge is -2.11. The fourth-order valence-corrected chi connectivity index (χ4v) is 3.07. The van der Waals surface area contributed by atoms with Gasteiger partial charge in [0.2, 0.25) is 5.91 Å². The van der Waals surface area contributed by atoms with Crippen LogP contribution in [0, 0.1) is 13.8 Å². The number of carbonyl (C=O) groups excluding carboxylic acids is 1. The van der Waals surface area contributed by atoms with Crippen LogP contribution in [0.3, 0.4) is 0 Å². The second-order valence-corrected chi connectivity index (χ2v) is 6.73. The molecule has 3 aromatic rings. The van der Waals surface area contributed by atoms with Gasteiger partial charge in [0.15, 0.2) is 0 Å². The van der Waals surface area contributed by atoms with Crippen molar-refractivity contribution in [2.45, 2.75) is 26.9 Å². The number of fused-ring (bicyclic) bond motifs is 1. The molecule has 2 aromatic carbocycles. The average molecular weight is 403 g/mol. The monoisotopic (exact) mass is 403 g/mol. The molecule has 0 fully saturated rings. The van der Waals surface area contributed by atoms with Crippen LogP contribution in [0.15, 0.2) is 46.9 Å². The predicted molar refractivity (Wildman–Crippen MR) is 106 cm³/mol. The summed E-state index contributed by atoms with van der Waals surface area (Å²) in [6.07, 6.45) is -3.15. The summed E-state index contributed by atoms with van der Waals surface area (Å²) in [6.45, 7) is 5.54. The Bertz CT molecular complexity index is 1110. The molecule has 0 aliphatic rings. The van der Waals surface area contributed by atoms with Crippen LogP contribution in [0.4, 0.5) is 18.9 Å². The number of rotatable bonds is 4. The minimum absolute atomic E-state index is 0.0672. The number of anilines is 1. The standard InChI is InChI=1S/C22H20F3NO3/c1-12(8-21(27)26-16-7-5-6-15(9-16)22(23,24)25)17-10-18-13(2)14(3)29-20(18)11-19(17)28-4/h5-11H,1-4H3,(H,26,27)/b12-8+. The summed E-state index contributed by atoms with van der Waals surface area (Å²) in [6, 6.07) is 8.13. The van der Waals surface area contributed by atoms with Crippen LogP contribution in [0.1, 0.15) is 29.4 Å². The van der Waals surface area contributed by atoms with Crippen molar-refractivity contribution in [3.63, 3.8) is 0 Å². The van der Waals surface area contributed by atoms with Crippen molar-refractivity contribution in [2.24, 2.45) is 0 Å². The number of hydrogen-bond acceptors (Lipinski definition) is 3. The van der Waals surface area contributed by atoms with Gasteiger partial charge in [-0.25, -0.2) is 0 Å². The minimum Gasteiger partial charge on any atom is -0.496 e. The van der Waals surface area contributed by atoms with Crippen molar-refractivity contribution in [2.75, 3.05) is 12.4 Å². The highest BCUT2D eigenvalue weighted by Gasteiger charge is 2.30. The summed E-state index contributed by atoms with van der Waals surface area (Å²) < 4.78 is 49.6. The lowest BCUT2D eigenvalue weighted by Crippen LogP contribution is -2.11. The first-order valence-corrected chi connectivity index (χ1v) is 8.85. The van der Waals surface area contributed by atoms with Crippen LogP contribution in [-0.2, 0) is 11.0 Å². The smallest absolute Gasteiger partial charge is 0.416 e. The summed E-state index contributed by atoms with van der Waals surface area (Å²) in [7, 11) is 1.52. The van der Waals surface area contributed by atoms with E-state index >= 15 is 0 Å². The van der Waals surface area contributed by atoms with E-state index in [9.17, 15) is 18.0 Å². The number of furan rings is 1. The van der Waals surface area contributed by atoms with Crippen LogP contribution >= 0.6 is 0 Å². The molecule has 0 aliphatic carbocycles. The molecule has 1 aromatic heterocycles. The Balaban J connectivity index is 1.91. The average Bonchev–Trinajstić information content (AvgIpc) is 2.93. The molecule has 1 N–H and O–H groups in total. The summed E-state index contributed by atoms with van der Waals surface area (Å²) >= 11 is 0. The summed E-state index contributed by atoms with van der Waals surface area (Å²) in [5.41, 5.74) is 2.22. The Morgan fingerprint density at radius 1 is 1.17 bits per heavy atom. The maximum Gasteiger partial charge on any atom is 0.416 e. The molecule has 0 atom stereocenters. The molecule has 1 heterocycles. The van der Waals surface area contributed by atoms with E-state index in [2.05, 4.69) is 5.32 Å². The Kier molecular flexibility index (Phi) is 5.42. The molecule has 0 bridgehead atoms. The van der Waals surface area contributed by atoms with Crippen molar-refractivity contribution >= 4 is 28.1 Å². The van der Waals surface area contributed by atoms with Gasteiger partial charge in [-0.15, -0.1) is 0 Å². The number of aryl methyl sites for hydroxylation is 2. The van der Waals surface area contributed by atoms with E-state index in [0.29, 0.717) is 22.5 Å². The Morgan fingerprint density at radius 2 is 1.90 bits per heavy atom. The van der Waals surface area contributed by atoms with E-state index in [-0.39, 0.29) is 5.69 Å². The highest BCUT2D eigenvalue weighted by molar-refractivity contribution is 6.04. The van der Waals surface area contributed by atoms with Gasteiger partial charge in [0.1, 0.15) is 17.1 Å². The zero-order valence-corrected chi connectivity index (χ0v) is 16.4. The number of methoxy groups -OCH3 is 1.